The van der Waals surface area contributed by atoms with Crippen LogP contribution in [-0.4, -0.2) is 16.1 Å². The van der Waals surface area contributed by atoms with Gasteiger partial charge in [-0.15, -0.1) is 0 Å². The van der Waals surface area contributed by atoms with Crippen molar-refractivity contribution in [1.82, 2.24) is 10.1 Å². The average Bonchev–Trinajstić information content (AvgIpc) is 3.36. The molecule has 1 unspecified atom stereocenters. The molecule has 6 heteroatoms. The van der Waals surface area contributed by atoms with Crippen LogP contribution in [0.1, 0.15) is 72.0 Å². The minimum Gasteiger partial charge on any atom is -0.339 e. The number of rotatable bonds is 8. The summed E-state index contributed by atoms with van der Waals surface area (Å²) in [6.45, 7) is 1.33. The van der Waals surface area contributed by atoms with E-state index in [1.807, 2.05) is 48.5 Å². The third-order valence-electron chi connectivity index (χ3n) is 6.55. The summed E-state index contributed by atoms with van der Waals surface area (Å²) in [5.74, 6) is 1.76. The van der Waals surface area contributed by atoms with Gasteiger partial charge in [0.15, 0.2) is 11.6 Å². The highest BCUT2D eigenvalue weighted by molar-refractivity contribution is 5.65. The highest BCUT2D eigenvalue weighted by Gasteiger charge is 2.26. The summed E-state index contributed by atoms with van der Waals surface area (Å²) >= 11 is 0. The zero-order chi connectivity index (χ0) is 24.0. The monoisotopic (exact) mass is 468 g/mol. The minimum absolute atomic E-state index is 0.0775. The molecule has 35 heavy (non-hydrogen) atoms. The summed E-state index contributed by atoms with van der Waals surface area (Å²) in [7, 11) is 0. The normalized spacial score (nSPS) is 15.0. The zero-order valence-electron chi connectivity index (χ0n) is 19.7. The van der Waals surface area contributed by atoms with Crippen LogP contribution in [0, 0.1) is 0 Å². The number of nitrogens with zero attached hydrogens (tertiary/aromatic N) is 2. The summed E-state index contributed by atoms with van der Waals surface area (Å²) in [6.07, 6.45) is 4.64. The van der Waals surface area contributed by atoms with Gasteiger partial charge in [0.1, 0.15) is 0 Å². The molecule has 1 heterocycles. The molecule has 1 aliphatic rings. The van der Waals surface area contributed by atoms with Crippen molar-refractivity contribution in [2.75, 3.05) is 0 Å². The number of aromatic nitrogens is 2. The highest BCUT2D eigenvalue weighted by atomic mass is 17.2. The van der Waals surface area contributed by atoms with E-state index < -0.39 is 5.97 Å². The lowest BCUT2D eigenvalue weighted by Crippen LogP contribution is -2.13. The SMILES string of the molecule is CC(=O)OOc1cccc2c1CCCC2CCc1nc(C(c2ccccc2)c2ccccc2)no1. The summed E-state index contributed by atoms with van der Waals surface area (Å²) in [5, 5.41) is 4.38. The number of aryl methyl sites for hydroxylation is 1. The van der Waals surface area contributed by atoms with Gasteiger partial charge >= 0.3 is 5.97 Å². The molecule has 1 aromatic heterocycles. The largest absolute Gasteiger partial charge is 0.352 e. The van der Waals surface area contributed by atoms with Gasteiger partial charge in [0.25, 0.3) is 0 Å². The Labute approximate surface area is 204 Å². The van der Waals surface area contributed by atoms with E-state index in [9.17, 15) is 4.79 Å². The van der Waals surface area contributed by atoms with E-state index in [1.165, 1.54) is 12.5 Å². The molecule has 4 aromatic rings. The van der Waals surface area contributed by atoms with Crippen molar-refractivity contribution in [1.29, 1.82) is 0 Å². The molecule has 0 aliphatic heterocycles. The van der Waals surface area contributed by atoms with Gasteiger partial charge in [-0.3, -0.25) is 9.78 Å². The molecule has 0 saturated heterocycles. The predicted octanol–water partition coefficient (Wildman–Crippen LogP) is 6.16. The second kappa shape index (κ2) is 10.6. The molecule has 0 amide bonds. The Morgan fingerprint density at radius 3 is 2.40 bits per heavy atom. The summed E-state index contributed by atoms with van der Waals surface area (Å²) in [6, 6.07) is 26.5. The van der Waals surface area contributed by atoms with Crippen molar-refractivity contribution in [2.24, 2.45) is 0 Å². The molecule has 1 aliphatic carbocycles. The molecular weight excluding hydrogens is 440 g/mol. The van der Waals surface area contributed by atoms with E-state index in [-0.39, 0.29) is 5.92 Å². The molecule has 3 aromatic carbocycles. The Kier molecular flexibility index (Phi) is 6.89. The average molecular weight is 469 g/mol. The van der Waals surface area contributed by atoms with Crippen LogP contribution in [0.5, 0.6) is 5.75 Å². The Hall–Kier alpha value is -3.93. The maximum atomic E-state index is 11.2. The van der Waals surface area contributed by atoms with Crippen LogP contribution < -0.4 is 4.89 Å². The maximum absolute atomic E-state index is 11.2. The molecule has 6 nitrogen and oxygen atoms in total. The Bertz CT molecular complexity index is 1230. The fourth-order valence-electron chi connectivity index (χ4n) is 4.96. The summed E-state index contributed by atoms with van der Waals surface area (Å²) in [4.78, 5) is 26.1. The standard InChI is InChI=1S/C29H28N2O4/c1-20(32)34-35-26-17-9-15-24-21(14-8-16-25(24)26)18-19-27-30-29(31-33-27)28(22-10-4-2-5-11-22)23-12-6-3-7-13-23/h2-7,9-13,15,17,21,28H,8,14,16,18-19H2,1H3. The van der Waals surface area contributed by atoms with Crippen LogP contribution in [0.3, 0.4) is 0 Å². The molecule has 0 N–H and O–H groups in total. The van der Waals surface area contributed by atoms with Gasteiger partial charge in [0.05, 0.1) is 5.92 Å². The van der Waals surface area contributed by atoms with Gasteiger partial charge in [-0.2, -0.15) is 4.98 Å². The number of carbonyl (C=O) groups is 1. The van der Waals surface area contributed by atoms with E-state index in [1.54, 1.807) is 0 Å². The summed E-state index contributed by atoms with van der Waals surface area (Å²) in [5.41, 5.74) is 4.62. The van der Waals surface area contributed by atoms with Crippen LogP contribution in [0.4, 0.5) is 0 Å². The van der Waals surface area contributed by atoms with E-state index in [0.29, 0.717) is 29.8 Å². The molecule has 0 radical (unpaired) electrons. The van der Waals surface area contributed by atoms with Crippen LogP contribution in [-0.2, 0) is 22.5 Å². The maximum Gasteiger partial charge on any atom is 0.352 e. The number of carbonyl (C=O) groups excluding carboxylic acids is 1. The van der Waals surface area contributed by atoms with Crippen molar-refractivity contribution < 1.29 is 19.1 Å². The minimum atomic E-state index is -0.466. The molecule has 0 bridgehead atoms. The van der Waals surface area contributed by atoms with Crippen LogP contribution in [0.15, 0.2) is 83.4 Å². The van der Waals surface area contributed by atoms with E-state index in [4.69, 9.17) is 19.3 Å². The first kappa shape index (κ1) is 22.8. The highest BCUT2D eigenvalue weighted by Crippen LogP contribution is 2.39. The zero-order valence-corrected chi connectivity index (χ0v) is 19.7. The molecule has 0 saturated carbocycles. The van der Waals surface area contributed by atoms with Crippen molar-refractivity contribution in [2.45, 2.75) is 50.9 Å². The predicted molar refractivity (Wildman–Crippen MR) is 131 cm³/mol. The lowest BCUT2D eigenvalue weighted by molar-refractivity contribution is -0.211. The van der Waals surface area contributed by atoms with Crippen molar-refractivity contribution in [3.63, 3.8) is 0 Å². The number of benzene rings is 3. The first-order valence-corrected chi connectivity index (χ1v) is 12.1. The fourth-order valence-corrected chi connectivity index (χ4v) is 4.96. The molecule has 0 spiro atoms. The second-order valence-electron chi connectivity index (χ2n) is 8.91. The van der Waals surface area contributed by atoms with Crippen LogP contribution in [0.2, 0.25) is 0 Å². The van der Waals surface area contributed by atoms with Gasteiger partial charge in [-0.1, -0.05) is 78.0 Å². The van der Waals surface area contributed by atoms with Crippen molar-refractivity contribution in [3.8, 4) is 5.75 Å². The number of hydrogen-bond acceptors (Lipinski definition) is 6. The Morgan fingerprint density at radius 2 is 1.71 bits per heavy atom. The first-order valence-electron chi connectivity index (χ1n) is 12.1. The van der Waals surface area contributed by atoms with Gasteiger partial charge in [0.2, 0.25) is 5.89 Å². The molecule has 1 atom stereocenters. The number of fused-ring (bicyclic) bond motifs is 1. The first-order chi connectivity index (χ1) is 17.2. The van der Waals surface area contributed by atoms with Crippen LogP contribution in [0.25, 0.3) is 0 Å². The second-order valence-corrected chi connectivity index (χ2v) is 8.91. The lowest BCUT2D eigenvalue weighted by Gasteiger charge is -2.26. The van der Waals surface area contributed by atoms with Gasteiger partial charge in [-0.05, 0) is 54.4 Å². The molecule has 178 valence electrons. The quantitative estimate of drug-likeness (QED) is 0.228. The lowest BCUT2D eigenvalue weighted by atomic mass is 9.80. The van der Waals surface area contributed by atoms with Crippen molar-refractivity contribution in [3.05, 3.63) is 113 Å². The van der Waals surface area contributed by atoms with Crippen LogP contribution >= 0.6 is 0 Å². The van der Waals surface area contributed by atoms with Gasteiger partial charge in [-0.25, -0.2) is 4.79 Å². The number of hydrogen-bond donors (Lipinski definition) is 0. The third kappa shape index (κ3) is 5.27. The Balaban J connectivity index is 1.33. The molecule has 0 fully saturated rings. The van der Waals surface area contributed by atoms with E-state index in [2.05, 4.69) is 35.5 Å². The van der Waals surface area contributed by atoms with E-state index >= 15 is 0 Å². The third-order valence-corrected chi connectivity index (χ3v) is 6.55. The Morgan fingerprint density at radius 1 is 1.00 bits per heavy atom. The van der Waals surface area contributed by atoms with Crippen molar-refractivity contribution >= 4 is 5.97 Å². The fraction of sp³-hybridized carbons (Fsp3) is 0.276. The molecule has 5 rings (SSSR count). The van der Waals surface area contributed by atoms with E-state index in [0.717, 1.165) is 42.4 Å². The smallest absolute Gasteiger partial charge is 0.339 e. The topological polar surface area (TPSA) is 74.5 Å². The summed E-state index contributed by atoms with van der Waals surface area (Å²) < 4.78 is 5.71. The molecular formula is C29H28N2O4. The van der Waals surface area contributed by atoms with Gasteiger partial charge in [0, 0.05) is 18.9 Å². The van der Waals surface area contributed by atoms with Gasteiger partial charge < -0.3 is 4.52 Å².